The van der Waals surface area contributed by atoms with Crippen LogP contribution in [0, 0.1) is 13.8 Å². The number of hydrogen-bond acceptors (Lipinski definition) is 3. The molecule has 5 nitrogen and oxygen atoms in total. The van der Waals surface area contributed by atoms with Crippen LogP contribution in [0.25, 0.3) is 5.65 Å². The zero-order valence-electron chi connectivity index (χ0n) is 12.9. The highest BCUT2D eigenvalue weighted by Crippen LogP contribution is 2.15. The molecular formula is C17H18N4O. The van der Waals surface area contributed by atoms with Gasteiger partial charge in [-0.2, -0.15) is 5.10 Å². The Bertz CT molecular complexity index is 823. The molecule has 1 amide bonds. The number of aromatic nitrogens is 3. The lowest BCUT2D eigenvalue weighted by Crippen LogP contribution is -2.26. The van der Waals surface area contributed by atoms with Crippen LogP contribution in [-0.2, 0) is 6.54 Å². The summed E-state index contributed by atoms with van der Waals surface area (Å²) in [7, 11) is 1.79. The molecule has 3 aromatic rings. The highest BCUT2D eigenvalue weighted by Gasteiger charge is 2.19. The van der Waals surface area contributed by atoms with E-state index in [1.807, 2.05) is 50.2 Å². The average Bonchev–Trinajstić information content (AvgIpc) is 2.91. The van der Waals surface area contributed by atoms with E-state index in [-0.39, 0.29) is 5.91 Å². The van der Waals surface area contributed by atoms with Gasteiger partial charge >= 0.3 is 0 Å². The molecule has 0 saturated heterocycles. The van der Waals surface area contributed by atoms with Gasteiger partial charge in [0, 0.05) is 25.0 Å². The quantitative estimate of drug-likeness (QED) is 0.746. The van der Waals surface area contributed by atoms with Gasteiger partial charge in [0.1, 0.15) is 5.56 Å². The van der Waals surface area contributed by atoms with Crippen LogP contribution >= 0.6 is 0 Å². The van der Waals surface area contributed by atoms with Gasteiger partial charge in [0.15, 0.2) is 5.65 Å². The summed E-state index contributed by atoms with van der Waals surface area (Å²) in [6.45, 7) is 4.43. The lowest BCUT2D eigenvalue weighted by molar-refractivity contribution is 0.0787. The summed E-state index contributed by atoms with van der Waals surface area (Å²) in [5.74, 6) is -0.0728. The van der Waals surface area contributed by atoms with Crippen molar-refractivity contribution in [2.75, 3.05) is 7.05 Å². The summed E-state index contributed by atoms with van der Waals surface area (Å²) in [6.07, 6.45) is 1.60. The van der Waals surface area contributed by atoms with Crippen LogP contribution in [0.2, 0.25) is 0 Å². The van der Waals surface area contributed by atoms with E-state index in [4.69, 9.17) is 0 Å². The maximum Gasteiger partial charge on any atom is 0.259 e. The topological polar surface area (TPSA) is 50.5 Å². The Morgan fingerprint density at radius 3 is 2.68 bits per heavy atom. The van der Waals surface area contributed by atoms with Crippen LogP contribution < -0.4 is 0 Å². The van der Waals surface area contributed by atoms with Gasteiger partial charge in [-0.15, -0.1) is 0 Å². The molecule has 0 aliphatic rings. The Labute approximate surface area is 129 Å². The molecule has 0 fully saturated rings. The third-order valence-electron chi connectivity index (χ3n) is 3.62. The molecule has 0 saturated carbocycles. The fourth-order valence-electron chi connectivity index (χ4n) is 2.56. The van der Waals surface area contributed by atoms with Crippen molar-refractivity contribution in [2.45, 2.75) is 20.4 Å². The van der Waals surface area contributed by atoms with Crippen LogP contribution in [0.15, 0.2) is 42.6 Å². The molecular weight excluding hydrogens is 276 g/mol. The van der Waals surface area contributed by atoms with E-state index >= 15 is 0 Å². The Hall–Kier alpha value is -2.69. The number of amides is 1. The number of rotatable bonds is 3. The second-order valence-corrected chi connectivity index (χ2v) is 5.48. The SMILES string of the molecule is Cc1cc(C)n2ncc(C(=O)N(C)Cc3ccccc3)c2n1. The van der Waals surface area contributed by atoms with E-state index < -0.39 is 0 Å². The summed E-state index contributed by atoms with van der Waals surface area (Å²) in [5, 5.41) is 4.28. The number of carbonyl (C=O) groups excluding carboxylic acids is 1. The van der Waals surface area contributed by atoms with Crippen molar-refractivity contribution in [3.63, 3.8) is 0 Å². The lowest BCUT2D eigenvalue weighted by Gasteiger charge is -2.16. The number of hydrogen-bond donors (Lipinski definition) is 0. The Kier molecular flexibility index (Phi) is 3.63. The molecule has 1 aromatic carbocycles. The van der Waals surface area contributed by atoms with Crippen molar-refractivity contribution in [1.29, 1.82) is 0 Å². The molecule has 0 aliphatic heterocycles. The maximum atomic E-state index is 12.7. The van der Waals surface area contributed by atoms with E-state index in [0.29, 0.717) is 17.8 Å². The second kappa shape index (κ2) is 5.60. The summed E-state index contributed by atoms with van der Waals surface area (Å²) in [4.78, 5) is 18.8. The van der Waals surface area contributed by atoms with Crippen LogP contribution in [0.5, 0.6) is 0 Å². The highest BCUT2D eigenvalue weighted by atomic mass is 16.2. The molecule has 112 valence electrons. The molecule has 0 aliphatic carbocycles. The first kappa shape index (κ1) is 14.3. The van der Waals surface area contributed by atoms with Gasteiger partial charge in [0.05, 0.1) is 6.20 Å². The van der Waals surface area contributed by atoms with Crippen LogP contribution in [-0.4, -0.2) is 32.5 Å². The van der Waals surface area contributed by atoms with Gasteiger partial charge in [-0.1, -0.05) is 30.3 Å². The molecule has 5 heteroatoms. The van der Waals surface area contributed by atoms with Gasteiger partial charge in [-0.05, 0) is 25.5 Å². The van der Waals surface area contributed by atoms with E-state index in [1.165, 1.54) is 0 Å². The number of aryl methyl sites for hydroxylation is 2. The predicted molar refractivity (Wildman–Crippen MR) is 84.7 cm³/mol. The predicted octanol–water partition coefficient (Wildman–Crippen LogP) is 2.62. The largest absolute Gasteiger partial charge is 0.337 e. The van der Waals surface area contributed by atoms with Gasteiger partial charge in [0.25, 0.3) is 5.91 Å². The van der Waals surface area contributed by atoms with Gasteiger partial charge in [0.2, 0.25) is 0 Å². The summed E-state index contributed by atoms with van der Waals surface area (Å²) in [5.41, 5.74) is 4.08. The van der Waals surface area contributed by atoms with Gasteiger partial charge in [-0.3, -0.25) is 4.79 Å². The minimum absolute atomic E-state index is 0.0728. The maximum absolute atomic E-state index is 12.7. The fraction of sp³-hybridized carbons (Fsp3) is 0.235. The Balaban J connectivity index is 1.92. The summed E-state index contributed by atoms with van der Waals surface area (Å²) >= 11 is 0. The third kappa shape index (κ3) is 2.57. The zero-order valence-corrected chi connectivity index (χ0v) is 12.9. The first-order valence-corrected chi connectivity index (χ1v) is 7.17. The third-order valence-corrected chi connectivity index (χ3v) is 3.62. The van der Waals surface area contributed by atoms with Crippen molar-refractivity contribution in [3.05, 3.63) is 65.1 Å². The summed E-state index contributed by atoms with van der Waals surface area (Å²) in [6, 6.07) is 11.9. The number of fused-ring (bicyclic) bond motifs is 1. The smallest absolute Gasteiger partial charge is 0.259 e. The van der Waals surface area contributed by atoms with Crippen LogP contribution in [0.3, 0.4) is 0 Å². The molecule has 22 heavy (non-hydrogen) atoms. The number of nitrogens with zero attached hydrogens (tertiary/aromatic N) is 4. The minimum atomic E-state index is -0.0728. The monoisotopic (exact) mass is 294 g/mol. The minimum Gasteiger partial charge on any atom is -0.337 e. The molecule has 0 spiro atoms. The molecule has 0 N–H and O–H groups in total. The molecule has 0 atom stereocenters. The Morgan fingerprint density at radius 2 is 1.95 bits per heavy atom. The van der Waals surface area contributed by atoms with Gasteiger partial charge < -0.3 is 4.90 Å². The number of benzene rings is 1. The molecule has 0 unspecified atom stereocenters. The molecule has 0 bridgehead atoms. The van der Waals surface area contributed by atoms with Crippen molar-refractivity contribution < 1.29 is 4.79 Å². The first-order chi connectivity index (χ1) is 10.6. The van der Waals surface area contributed by atoms with E-state index in [9.17, 15) is 4.79 Å². The fourth-order valence-corrected chi connectivity index (χ4v) is 2.56. The standard InChI is InChI=1S/C17H18N4O/c1-12-9-13(2)21-16(19-12)15(10-18-21)17(22)20(3)11-14-7-5-4-6-8-14/h4-10H,11H2,1-3H3. The van der Waals surface area contributed by atoms with E-state index in [2.05, 4.69) is 10.1 Å². The van der Waals surface area contributed by atoms with Crippen molar-refractivity contribution in [1.82, 2.24) is 19.5 Å². The van der Waals surface area contributed by atoms with Crippen LogP contribution in [0.1, 0.15) is 27.3 Å². The van der Waals surface area contributed by atoms with Crippen molar-refractivity contribution in [3.8, 4) is 0 Å². The van der Waals surface area contributed by atoms with E-state index in [1.54, 1.807) is 22.7 Å². The lowest BCUT2D eigenvalue weighted by atomic mass is 10.2. The normalized spacial score (nSPS) is 10.9. The molecule has 2 heterocycles. The van der Waals surface area contributed by atoms with Crippen molar-refractivity contribution in [2.24, 2.45) is 0 Å². The highest BCUT2D eigenvalue weighted by molar-refractivity contribution is 5.99. The average molecular weight is 294 g/mol. The molecule has 0 radical (unpaired) electrons. The second-order valence-electron chi connectivity index (χ2n) is 5.48. The zero-order chi connectivity index (χ0) is 15.7. The first-order valence-electron chi connectivity index (χ1n) is 7.17. The molecule has 3 rings (SSSR count). The number of carbonyl (C=O) groups is 1. The van der Waals surface area contributed by atoms with E-state index in [0.717, 1.165) is 17.0 Å². The van der Waals surface area contributed by atoms with Crippen molar-refractivity contribution >= 4 is 11.6 Å². The Morgan fingerprint density at radius 1 is 1.23 bits per heavy atom. The summed E-state index contributed by atoms with van der Waals surface area (Å²) < 4.78 is 1.70. The molecule has 2 aromatic heterocycles. The van der Waals surface area contributed by atoms with Crippen LogP contribution in [0.4, 0.5) is 0 Å². The van der Waals surface area contributed by atoms with Gasteiger partial charge in [-0.25, -0.2) is 9.50 Å².